The highest BCUT2D eigenvalue weighted by atomic mass is 127. The van der Waals surface area contributed by atoms with Crippen molar-refractivity contribution >= 4 is 58.5 Å². The Morgan fingerprint density at radius 2 is 1.85 bits per heavy atom. The van der Waals surface area contributed by atoms with Gasteiger partial charge < -0.3 is 16.0 Å². The zero-order valence-electron chi connectivity index (χ0n) is 15.2. The summed E-state index contributed by atoms with van der Waals surface area (Å²) in [5.41, 5.74) is 0. The van der Waals surface area contributed by atoms with E-state index >= 15 is 0 Å². The van der Waals surface area contributed by atoms with Crippen molar-refractivity contribution in [1.29, 1.82) is 0 Å². The van der Waals surface area contributed by atoms with Crippen LogP contribution < -0.4 is 16.0 Å². The minimum absolute atomic E-state index is 0. The number of halogens is 1. The normalized spacial score (nSPS) is 10.9. The van der Waals surface area contributed by atoms with Crippen LogP contribution in [0, 0.1) is 0 Å². The molecule has 0 atom stereocenters. The Labute approximate surface area is 180 Å². The van der Waals surface area contributed by atoms with Gasteiger partial charge in [0.1, 0.15) is 0 Å². The molecule has 0 bridgehead atoms. The summed E-state index contributed by atoms with van der Waals surface area (Å²) >= 11 is 3.28. The van der Waals surface area contributed by atoms with Gasteiger partial charge in [0.05, 0.1) is 11.4 Å². The Kier molecular flexibility index (Phi) is 11.5. The van der Waals surface area contributed by atoms with Gasteiger partial charge in [-0.1, -0.05) is 13.0 Å². The molecule has 1 amide bonds. The fourth-order valence-electron chi connectivity index (χ4n) is 2.19. The van der Waals surface area contributed by atoms with Gasteiger partial charge in [-0.3, -0.25) is 4.79 Å². The number of hydrogen-bond acceptors (Lipinski definition) is 4. The van der Waals surface area contributed by atoms with Gasteiger partial charge in [0, 0.05) is 29.4 Å². The van der Waals surface area contributed by atoms with Crippen LogP contribution in [0.2, 0.25) is 0 Å². The van der Waals surface area contributed by atoms with Crippen molar-refractivity contribution in [2.75, 3.05) is 19.6 Å². The van der Waals surface area contributed by atoms with Crippen molar-refractivity contribution < 1.29 is 4.79 Å². The average molecular weight is 506 g/mol. The molecule has 0 fully saturated rings. The number of amides is 1. The number of aryl methyl sites for hydroxylation is 1. The van der Waals surface area contributed by atoms with Crippen LogP contribution in [0.1, 0.15) is 39.7 Å². The number of nitrogens with one attached hydrogen (secondary N) is 3. The number of carbonyl (C=O) groups excluding carboxylic acids is 1. The molecule has 0 aliphatic rings. The number of guanidine groups is 1. The van der Waals surface area contributed by atoms with E-state index in [0.717, 1.165) is 36.8 Å². The lowest BCUT2D eigenvalue weighted by Gasteiger charge is -2.11. The summed E-state index contributed by atoms with van der Waals surface area (Å²) in [5, 5.41) is 11.4. The number of aliphatic imine (C=N–C) groups is 1. The van der Waals surface area contributed by atoms with Gasteiger partial charge in [0.25, 0.3) is 5.91 Å². The predicted octanol–water partition coefficient (Wildman–Crippen LogP) is 3.87. The fraction of sp³-hybridized carbons (Fsp3) is 0.444. The Morgan fingerprint density at radius 1 is 1.08 bits per heavy atom. The van der Waals surface area contributed by atoms with E-state index < -0.39 is 0 Å². The molecule has 144 valence electrons. The molecule has 0 unspecified atom stereocenters. The number of rotatable bonds is 9. The highest BCUT2D eigenvalue weighted by Gasteiger charge is 2.05. The molecule has 5 nitrogen and oxygen atoms in total. The molecule has 2 heterocycles. The first-order valence-electron chi connectivity index (χ1n) is 8.64. The Morgan fingerprint density at radius 3 is 2.50 bits per heavy atom. The van der Waals surface area contributed by atoms with Gasteiger partial charge in [-0.15, -0.1) is 46.7 Å². The number of carbonyl (C=O) groups is 1. The standard InChI is InChI=1S/C18H26N4OS2.HI/c1-3-14-8-9-15(25-14)13-22-18(19-4-2)21-11-6-10-20-17(23)16-7-5-12-24-16;/h5,7-9,12H,3-4,6,10-11,13H2,1-2H3,(H,20,23)(H2,19,21,22);1H. The van der Waals surface area contributed by atoms with Gasteiger partial charge in [0.15, 0.2) is 5.96 Å². The lowest BCUT2D eigenvalue weighted by Crippen LogP contribution is -2.38. The maximum absolute atomic E-state index is 11.8. The smallest absolute Gasteiger partial charge is 0.261 e. The minimum Gasteiger partial charge on any atom is -0.357 e. The third-order valence-electron chi connectivity index (χ3n) is 3.48. The Hall–Kier alpha value is -1.13. The van der Waals surface area contributed by atoms with Crippen molar-refractivity contribution in [3.05, 3.63) is 44.3 Å². The topological polar surface area (TPSA) is 65.5 Å². The predicted molar refractivity (Wildman–Crippen MR) is 123 cm³/mol. The van der Waals surface area contributed by atoms with E-state index in [2.05, 4.69) is 46.9 Å². The van der Waals surface area contributed by atoms with Crippen LogP contribution in [0.3, 0.4) is 0 Å². The van der Waals surface area contributed by atoms with Crippen LogP contribution in [-0.2, 0) is 13.0 Å². The van der Waals surface area contributed by atoms with E-state index in [9.17, 15) is 4.79 Å². The first kappa shape index (κ1) is 22.9. The molecule has 8 heteroatoms. The Bertz CT molecular complexity index is 671. The van der Waals surface area contributed by atoms with E-state index in [-0.39, 0.29) is 29.9 Å². The van der Waals surface area contributed by atoms with Gasteiger partial charge in [-0.2, -0.15) is 0 Å². The van der Waals surface area contributed by atoms with Crippen LogP contribution in [0.4, 0.5) is 0 Å². The summed E-state index contributed by atoms with van der Waals surface area (Å²) in [6, 6.07) is 8.04. The average Bonchev–Trinajstić information content (AvgIpc) is 3.30. The largest absolute Gasteiger partial charge is 0.357 e. The van der Waals surface area contributed by atoms with Crippen LogP contribution in [0.15, 0.2) is 34.6 Å². The molecular formula is C18H27IN4OS2. The van der Waals surface area contributed by atoms with Gasteiger partial charge >= 0.3 is 0 Å². The number of thiophene rings is 2. The van der Waals surface area contributed by atoms with Crippen LogP contribution in [-0.4, -0.2) is 31.5 Å². The number of hydrogen-bond donors (Lipinski definition) is 3. The summed E-state index contributed by atoms with van der Waals surface area (Å²) in [5.74, 6) is 0.818. The summed E-state index contributed by atoms with van der Waals surface area (Å²) in [6.07, 6.45) is 1.92. The maximum Gasteiger partial charge on any atom is 0.261 e. The molecule has 0 spiro atoms. The lowest BCUT2D eigenvalue weighted by atomic mass is 10.4. The molecule has 2 rings (SSSR count). The van der Waals surface area contributed by atoms with Crippen molar-refractivity contribution in [1.82, 2.24) is 16.0 Å². The summed E-state index contributed by atoms with van der Waals surface area (Å²) in [7, 11) is 0. The summed E-state index contributed by atoms with van der Waals surface area (Å²) in [6.45, 7) is 7.15. The molecule has 0 aliphatic heterocycles. The monoisotopic (exact) mass is 506 g/mol. The van der Waals surface area contributed by atoms with Crippen molar-refractivity contribution in [3.8, 4) is 0 Å². The number of nitrogens with zero attached hydrogens (tertiary/aromatic N) is 1. The van der Waals surface area contributed by atoms with E-state index in [0.29, 0.717) is 13.1 Å². The molecule has 3 N–H and O–H groups in total. The van der Waals surface area contributed by atoms with E-state index in [1.165, 1.54) is 21.1 Å². The zero-order valence-corrected chi connectivity index (χ0v) is 19.2. The van der Waals surface area contributed by atoms with Crippen LogP contribution >= 0.6 is 46.7 Å². The first-order chi connectivity index (χ1) is 12.2. The molecule has 2 aromatic heterocycles. The van der Waals surface area contributed by atoms with E-state index in [4.69, 9.17) is 0 Å². The third kappa shape index (κ3) is 8.05. The molecule has 2 aromatic rings. The molecule has 26 heavy (non-hydrogen) atoms. The zero-order chi connectivity index (χ0) is 17.9. The molecule has 0 radical (unpaired) electrons. The summed E-state index contributed by atoms with van der Waals surface area (Å²) < 4.78 is 0. The first-order valence-corrected chi connectivity index (χ1v) is 10.3. The maximum atomic E-state index is 11.8. The Balaban J connectivity index is 0.00000338. The quantitative estimate of drug-likeness (QED) is 0.210. The van der Waals surface area contributed by atoms with Gasteiger partial charge in [-0.05, 0) is 43.3 Å². The molecule has 0 saturated carbocycles. The van der Waals surface area contributed by atoms with Crippen LogP contribution in [0.25, 0.3) is 0 Å². The summed E-state index contributed by atoms with van der Waals surface area (Å²) in [4.78, 5) is 19.9. The van der Waals surface area contributed by atoms with Crippen molar-refractivity contribution in [3.63, 3.8) is 0 Å². The highest BCUT2D eigenvalue weighted by molar-refractivity contribution is 14.0. The molecule has 0 aromatic carbocycles. The van der Waals surface area contributed by atoms with Crippen molar-refractivity contribution in [2.24, 2.45) is 4.99 Å². The third-order valence-corrected chi connectivity index (χ3v) is 5.56. The minimum atomic E-state index is -0.00000233. The lowest BCUT2D eigenvalue weighted by molar-refractivity contribution is 0.0957. The van der Waals surface area contributed by atoms with Gasteiger partial charge in [0.2, 0.25) is 0 Å². The second-order valence-corrected chi connectivity index (χ2v) is 7.63. The van der Waals surface area contributed by atoms with E-state index in [1.54, 1.807) is 0 Å². The highest BCUT2D eigenvalue weighted by Crippen LogP contribution is 2.17. The second kappa shape index (κ2) is 13.1. The fourth-order valence-corrected chi connectivity index (χ4v) is 3.71. The second-order valence-electron chi connectivity index (χ2n) is 5.43. The molecular weight excluding hydrogens is 479 g/mol. The van der Waals surface area contributed by atoms with Crippen LogP contribution in [0.5, 0.6) is 0 Å². The van der Waals surface area contributed by atoms with Gasteiger partial charge in [-0.25, -0.2) is 4.99 Å². The van der Waals surface area contributed by atoms with Crippen molar-refractivity contribution in [2.45, 2.75) is 33.2 Å². The molecule has 0 saturated heterocycles. The van der Waals surface area contributed by atoms with E-state index in [1.807, 2.05) is 28.8 Å². The SMILES string of the molecule is CCNC(=NCc1ccc(CC)s1)NCCCNC(=O)c1cccs1.I. The molecule has 0 aliphatic carbocycles.